The summed E-state index contributed by atoms with van der Waals surface area (Å²) in [6.07, 6.45) is 5.27. The first-order chi connectivity index (χ1) is 9.22. The van der Waals surface area contributed by atoms with Crippen molar-refractivity contribution < 1.29 is 4.79 Å². The Balaban J connectivity index is 1.64. The van der Waals surface area contributed by atoms with Crippen LogP contribution in [0.4, 0.5) is 0 Å². The minimum Gasteiger partial charge on any atom is -0.351 e. The molecule has 0 bridgehead atoms. The molecule has 0 aliphatic carbocycles. The second-order valence-electron chi connectivity index (χ2n) is 4.67. The molecule has 0 spiro atoms. The molecule has 1 amide bonds. The molecule has 0 unspecified atom stereocenters. The molecule has 100 valence electrons. The topological polar surface area (TPSA) is 71.8 Å². The number of thiazole rings is 1. The Labute approximate surface area is 114 Å². The van der Waals surface area contributed by atoms with Gasteiger partial charge in [-0.25, -0.2) is 4.98 Å². The molecular weight excluding hydrogens is 262 g/mol. The summed E-state index contributed by atoms with van der Waals surface area (Å²) in [5.74, 6) is 0.522. The van der Waals surface area contributed by atoms with Crippen molar-refractivity contribution in [3.63, 3.8) is 0 Å². The lowest BCUT2D eigenvalue weighted by Gasteiger charge is -2.26. The minimum atomic E-state index is -0.0421. The van der Waals surface area contributed by atoms with Crippen LogP contribution in [-0.4, -0.2) is 40.3 Å². The SMILES string of the molecule is Cn1cc(-c2ncc(C(=O)NCC3CNC3)s2)cn1. The number of carbonyl (C=O) groups excluding carboxylic acids is 1. The summed E-state index contributed by atoms with van der Waals surface area (Å²) in [6, 6.07) is 0. The van der Waals surface area contributed by atoms with Gasteiger partial charge in [0.15, 0.2) is 0 Å². The summed E-state index contributed by atoms with van der Waals surface area (Å²) in [5.41, 5.74) is 0.940. The van der Waals surface area contributed by atoms with E-state index < -0.39 is 0 Å². The van der Waals surface area contributed by atoms with Gasteiger partial charge in [0, 0.05) is 44.4 Å². The molecule has 0 radical (unpaired) electrons. The van der Waals surface area contributed by atoms with Gasteiger partial charge in [-0.2, -0.15) is 5.10 Å². The third-order valence-corrected chi connectivity index (χ3v) is 4.14. The van der Waals surface area contributed by atoms with E-state index in [1.165, 1.54) is 11.3 Å². The van der Waals surface area contributed by atoms with Crippen LogP contribution >= 0.6 is 11.3 Å². The standard InChI is InChI=1S/C12H15N5OS/c1-17-7-9(5-16-17)12-15-6-10(19-12)11(18)14-4-8-2-13-3-8/h5-8,13H,2-4H2,1H3,(H,14,18). The van der Waals surface area contributed by atoms with Gasteiger partial charge in [-0.05, 0) is 0 Å². The first-order valence-corrected chi connectivity index (χ1v) is 6.98. The smallest absolute Gasteiger partial charge is 0.263 e. The molecule has 7 heteroatoms. The molecule has 2 aromatic heterocycles. The van der Waals surface area contributed by atoms with Gasteiger partial charge in [0.2, 0.25) is 0 Å². The third kappa shape index (κ3) is 2.66. The Bertz CT molecular complexity index is 586. The van der Waals surface area contributed by atoms with Gasteiger partial charge in [-0.15, -0.1) is 11.3 Å². The van der Waals surface area contributed by atoms with E-state index in [1.54, 1.807) is 17.1 Å². The summed E-state index contributed by atoms with van der Waals surface area (Å²) in [4.78, 5) is 16.9. The van der Waals surface area contributed by atoms with Crippen LogP contribution in [0.15, 0.2) is 18.6 Å². The number of nitrogens with zero attached hydrogens (tertiary/aromatic N) is 3. The average Bonchev–Trinajstić information content (AvgIpc) is 2.94. The van der Waals surface area contributed by atoms with E-state index in [9.17, 15) is 4.79 Å². The van der Waals surface area contributed by atoms with Crippen LogP contribution in [0.25, 0.3) is 10.6 Å². The number of aryl methyl sites for hydroxylation is 1. The summed E-state index contributed by atoms with van der Waals surface area (Å²) < 4.78 is 1.72. The molecule has 6 nitrogen and oxygen atoms in total. The van der Waals surface area contributed by atoms with Crippen molar-refractivity contribution in [3.8, 4) is 10.6 Å². The van der Waals surface area contributed by atoms with Crippen LogP contribution in [0.1, 0.15) is 9.67 Å². The molecule has 1 saturated heterocycles. The molecule has 2 N–H and O–H groups in total. The Morgan fingerprint density at radius 1 is 1.58 bits per heavy atom. The van der Waals surface area contributed by atoms with Gasteiger partial charge in [0.1, 0.15) is 9.88 Å². The number of hydrogen-bond acceptors (Lipinski definition) is 5. The fourth-order valence-electron chi connectivity index (χ4n) is 1.86. The van der Waals surface area contributed by atoms with Crippen molar-refractivity contribution in [1.29, 1.82) is 0 Å². The van der Waals surface area contributed by atoms with Crippen molar-refractivity contribution in [2.45, 2.75) is 0 Å². The number of hydrogen-bond donors (Lipinski definition) is 2. The van der Waals surface area contributed by atoms with Crippen molar-refractivity contribution >= 4 is 17.2 Å². The van der Waals surface area contributed by atoms with Gasteiger partial charge in [-0.1, -0.05) is 0 Å². The van der Waals surface area contributed by atoms with Gasteiger partial charge in [-0.3, -0.25) is 9.48 Å². The number of nitrogens with one attached hydrogen (secondary N) is 2. The largest absolute Gasteiger partial charge is 0.351 e. The maximum Gasteiger partial charge on any atom is 0.263 e. The molecule has 1 aliphatic heterocycles. The number of rotatable bonds is 4. The first-order valence-electron chi connectivity index (χ1n) is 6.16. The van der Waals surface area contributed by atoms with Crippen LogP contribution in [0.3, 0.4) is 0 Å². The van der Waals surface area contributed by atoms with Crippen molar-refractivity contribution in [2.75, 3.05) is 19.6 Å². The molecule has 1 fully saturated rings. The fraction of sp³-hybridized carbons (Fsp3) is 0.417. The highest BCUT2D eigenvalue weighted by molar-refractivity contribution is 7.16. The summed E-state index contributed by atoms with van der Waals surface area (Å²) in [6.45, 7) is 2.71. The molecule has 0 atom stereocenters. The Kier molecular flexibility index (Phi) is 3.31. The van der Waals surface area contributed by atoms with E-state index in [2.05, 4.69) is 20.7 Å². The van der Waals surface area contributed by atoms with Crippen LogP contribution in [0, 0.1) is 5.92 Å². The highest BCUT2D eigenvalue weighted by Gasteiger charge is 2.18. The molecule has 2 aromatic rings. The van der Waals surface area contributed by atoms with Gasteiger partial charge in [0.05, 0.1) is 12.4 Å². The zero-order valence-corrected chi connectivity index (χ0v) is 11.4. The molecule has 0 aromatic carbocycles. The zero-order valence-electron chi connectivity index (χ0n) is 10.6. The van der Waals surface area contributed by atoms with Crippen LogP contribution < -0.4 is 10.6 Å². The zero-order chi connectivity index (χ0) is 13.2. The average molecular weight is 277 g/mol. The van der Waals surface area contributed by atoms with Crippen LogP contribution in [0.2, 0.25) is 0 Å². The summed E-state index contributed by atoms with van der Waals surface area (Å²) >= 11 is 1.39. The van der Waals surface area contributed by atoms with Crippen LogP contribution in [0.5, 0.6) is 0 Å². The van der Waals surface area contributed by atoms with E-state index in [-0.39, 0.29) is 5.91 Å². The van der Waals surface area contributed by atoms with Gasteiger partial charge >= 0.3 is 0 Å². The van der Waals surface area contributed by atoms with Crippen molar-refractivity contribution in [1.82, 2.24) is 25.4 Å². The number of aromatic nitrogens is 3. The maximum absolute atomic E-state index is 12.0. The molecular formula is C12H15N5OS. The highest BCUT2D eigenvalue weighted by atomic mass is 32.1. The fourth-order valence-corrected chi connectivity index (χ4v) is 2.67. The predicted molar refractivity (Wildman–Crippen MR) is 73.0 cm³/mol. The molecule has 1 aliphatic rings. The van der Waals surface area contributed by atoms with E-state index in [4.69, 9.17) is 0 Å². The Hall–Kier alpha value is -1.73. The molecule has 3 rings (SSSR count). The second kappa shape index (κ2) is 5.10. The van der Waals surface area contributed by atoms with Crippen molar-refractivity contribution in [3.05, 3.63) is 23.5 Å². The normalized spacial score (nSPS) is 15.2. The number of amides is 1. The summed E-state index contributed by atoms with van der Waals surface area (Å²) in [7, 11) is 1.86. The van der Waals surface area contributed by atoms with E-state index >= 15 is 0 Å². The second-order valence-corrected chi connectivity index (χ2v) is 5.70. The van der Waals surface area contributed by atoms with E-state index in [0.717, 1.165) is 30.2 Å². The molecule has 19 heavy (non-hydrogen) atoms. The van der Waals surface area contributed by atoms with Crippen LogP contribution in [-0.2, 0) is 7.05 Å². The van der Waals surface area contributed by atoms with E-state index in [1.807, 2.05) is 13.2 Å². The third-order valence-electron chi connectivity index (χ3n) is 3.10. The summed E-state index contributed by atoms with van der Waals surface area (Å²) in [5, 5.41) is 11.0. The minimum absolute atomic E-state index is 0.0421. The lowest BCUT2D eigenvalue weighted by atomic mass is 10.0. The highest BCUT2D eigenvalue weighted by Crippen LogP contribution is 2.24. The number of carbonyl (C=O) groups is 1. The Morgan fingerprint density at radius 3 is 3.05 bits per heavy atom. The lowest BCUT2D eigenvalue weighted by Crippen LogP contribution is -2.48. The van der Waals surface area contributed by atoms with Crippen molar-refractivity contribution in [2.24, 2.45) is 13.0 Å². The van der Waals surface area contributed by atoms with Gasteiger partial charge < -0.3 is 10.6 Å². The van der Waals surface area contributed by atoms with Gasteiger partial charge in [0.25, 0.3) is 5.91 Å². The lowest BCUT2D eigenvalue weighted by molar-refractivity contribution is 0.0946. The maximum atomic E-state index is 12.0. The Morgan fingerprint density at radius 2 is 2.42 bits per heavy atom. The molecule has 3 heterocycles. The first kappa shape index (κ1) is 12.3. The van der Waals surface area contributed by atoms with E-state index in [0.29, 0.717) is 10.8 Å². The monoisotopic (exact) mass is 277 g/mol. The quantitative estimate of drug-likeness (QED) is 0.853. The predicted octanol–water partition coefficient (Wildman–Crippen LogP) is 0.493. The molecule has 0 saturated carbocycles.